The lowest BCUT2D eigenvalue weighted by atomic mass is 9.87. The standard InChI is InChI=1S/C24H24N4OS/c1-14-5-6-15(21(29)27-18-9-7-17(8-10-18)24(2,3)4)11-19(14)16-12-20-22(26-13-16)30-23(25)28-20/h5-13H,1-4H3,(H2,25,28)(H,27,29). The first-order valence-electron chi connectivity index (χ1n) is 9.76. The molecule has 0 aliphatic rings. The predicted molar refractivity (Wildman–Crippen MR) is 125 cm³/mol. The van der Waals surface area contributed by atoms with E-state index in [4.69, 9.17) is 5.73 Å². The summed E-state index contributed by atoms with van der Waals surface area (Å²) in [4.78, 5) is 22.4. The Balaban J connectivity index is 1.61. The summed E-state index contributed by atoms with van der Waals surface area (Å²) in [5.41, 5.74) is 12.1. The van der Waals surface area contributed by atoms with Crippen LogP contribution in [0.15, 0.2) is 54.7 Å². The summed E-state index contributed by atoms with van der Waals surface area (Å²) in [5.74, 6) is -0.147. The second-order valence-electron chi connectivity index (χ2n) is 8.41. The number of nitrogens with zero attached hydrogens (tertiary/aromatic N) is 2. The molecule has 0 atom stereocenters. The Morgan fingerprint density at radius 1 is 1.07 bits per heavy atom. The van der Waals surface area contributed by atoms with E-state index in [2.05, 4.69) is 48.2 Å². The first-order valence-corrected chi connectivity index (χ1v) is 10.6. The van der Waals surface area contributed by atoms with Gasteiger partial charge in [0.25, 0.3) is 5.91 Å². The largest absolute Gasteiger partial charge is 0.375 e. The number of carbonyl (C=O) groups excluding carboxylic acids is 1. The van der Waals surface area contributed by atoms with Crippen LogP contribution in [0.3, 0.4) is 0 Å². The molecule has 2 aromatic heterocycles. The number of anilines is 2. The first kappa shape index (κ1) is 20.0. The van der Waals surface area contributed by atoms with E-state index >= 15 is 0 Å². The molecule has 0 bridgehead atoms. The maximum absolute atomic E-state index is 12.9. The molecule has 2 aromatic carbocycles. The van der Waals surface area contributed by atoms with Crippen LogP contribution in [0.5, 0.6) is 0 Å². The number of aryl methyl sites for hydroxylation is 1. The first-order chi connectivity index (χ1) is 14.2. The van der Waals surface area contributed by atoms with Crippen LogP contribution >= 0.6 is 11.3 Å². The normalized spacial score (nSPS) is 11.6. The topological polar surface area (TPSA) is 80.9 Å². The number of amides is 1. The fourth-order valence-electron chi connectivity index (χ4n) is 3.32. The van der Waals surface area contributed by atoms with E-state index in [9.17, 15) is 4.79 Å². The minimum Gasteiger partial charge on any atom is -0.375 e. The summed E-state index contributed by atoms with van der Waals surface area (Å²) in [6, 6.07) is 15.6. The minimum absolute atomic E-state index is 0.0749. The molecule has 0 fully saturated rings. The number of rotatable bonds is 3. The third kappa shape index (κ3) is 4.04. The van der Waals surface area contributed by atoms with Crippen molar-refractivity contribution in [2.75, 3.05) is 11.1 Å². The van der Waals surface area contributed by atoms with Crippen LogP contribution in [0.2, 0.25) is 0 Å². The van der Waals surface area contributed by atoms with E-state index in [1.165, 1.54) is 16.9 Å². The molecule has 6 heteroatoms. The Morgan fingerprint density at radius 3 is 2.50 bits per heavy atom. The smallest absolute Gasteiger partial charge is 0.255 e. The molecular weight excluding hydrogens is 392 g/mol. The number of hydrogen-bond donors (Lipinski definition) is 2. The number of hydrogen-bond acceptors (Lipinski definition) is 5. The maximum atomic E-state index is 12.9. The van der Waals surface area contributed by atoms with Gasteiger partial charge in [-0.2, -0.15) is 0 Å². The van der Waals surface area contributed by atoms with Gasteiger partial charge in [-0.1, -0.05) is 50.3 Å². The van der Waals surface area contributed by atoms with Crippen molar-refractivity contribution >= 4 is 38.4 Å². The van der Waals surface area contributed by atoms with Crippen molar-refractivity contribution in [3.63, 3.8) is 0 Å². The van der Waals surface area contributed by atoms with Gasteiger partial charge in [0.2, 0.25) is 0 Å². The van der Waals surface area contributed by atoms with Gasteiger partial charge in [-0.15, -0.1) is 0 Å². The molecule has 30 heavy (non-hydrogen) atoms. The third-order valence-electron chi connectivity index (χ3n) is 5.08. The Labute approximate surface area is 180 Å². The summed E-state index contributed by atoms with van der Waals surface area (Å²) in [6.07, 6.45) is 1.80. The van der Waals surface area contributed by atoms with Gasteiger partial charge in [-0.3, -0.25) is 4.79 Å². The van der Waals surface area contributed by atoms with Crippen LogP contribution in [0.1, 0.15) is 42.3 Å². The molecule has 0 aliphatic carbocycles. The molecule has 5 nitrogen and oxygen atoms in total. The molecule has 0 saturated heterocycles. The number of pyridine rings is 1. The average Bonchev–Trinajstić information content (AvgIpc) is 3.07. The summed E-state index contributed by atoms with van der Waals surface area (Å²) in [7, 11) is 0. The third-order valence-corrected chi connectivity index (χ3v) is 5.89. The molecular formula is C24H24N4OS. The lowest BCUT2D eigenvalue weighted by Crippen LogP contribution is -2.13. The zero-order valence-electron chi connectivity index (χ0n) is 17.5. The predicted octanol–water partition coefficient (Wildman–Crippen LogP) is 5.80. The molecule has 0 saturated carbocycles. The lowest BCUT2D eigenvalue weighted by Gasteiger charge is -2.19. The number of carbonyl (C=O) groups is 1. The fraction of sp³-hybridized carbons (Fsp3) is 0.208. The molecule has 0 radical (unpaired) electrons. The van der Waals surface area contributed by atoms with Crippen LogP contribution in [0.4, 0.5) is 10.8 Å². The summed E-state index contributed by atoms with van der Waals surface area (Å²) < 4.78 is 0. The van der Waals surface area contributed by atoms with Crippen LogP contribution in [-0.4, -0.2) is 15.9 Å². The molecule has 4 rings (SSSR count). The van der Waals surface area contributed by atoms with E-state index in [0.29, 0.717) is 10.7 Å². The second kappa shape index (κ2) is 7.54. The highest BCUT2D eigenvalue weighted by Crippen LogP contribution is 2.30. The monoisotopic (exact) mass is 416 g/mol. The highest BCUT2D eigenvalue weighted by molar-refractivity contribution is 7.21. The van der Waals surface area contributed by atoms with Crippen molar-refractivity contribution in [3.05, 3.63) is 71.4 Å². The molecule has 3 N–H and O–H groups in total. The number of benzene rings is 2. The van der Waals surface area contributed by atoms with Crippen molar-refractivity contribution < 1.29 is 4.79 Å². The second-order valence-corrected chi connectivity index (χ2v) is 9.42. The van der Waals surface area contributed by atoms with Gasteiger partial charge in [0.05, 0.1) is 0 Å². The van der Waals surface area contributed by atoms with Gasteiger partial charge < -0.3 is 11.1 Å². The summed E-state index contributed by atoms with van der Waals surface area (Å²) in [5, 5.41) is 3.48. The number of nitrogens with two attached hydrogens (primary N) is 1. The Kier molecular flexibility index (Phi) is 5.03. The van der Waals surface area contributed by atoms with Gasteiger partial charge in [-0.25, -0.2) is 9.97 Å². The minimum atomic E-state index is -0.147. The number of fused-ring (bicyclic) bond motifs is 1. The fourth-order valence-corrected chi connectivity index (χ4v) is 3.97. The SMILES string of the molecule is Cc1ccc(C(=O)Nc2ccc(C(C)(C)C)cc2)cc1-c1cnc2sc(N)nc2c1. The molecule has 4 aromatic rings. The highest BCUT2D eigenvalue weighted by Gasteiger charge is 2.15. The van der Waals surface area contributed by atoms with Gasteiger partial charge in [0.1, 0.15) is 10.3 Å². The molecule has 0 unspecified atom stereocenters. The Morgan fingerprint density at radius 2 is 1.80 bits per heavy atom. The van der Waals surface area contributed by atoms with E-state index in [1.807, 2.05) is 43.3 Å². The van der Waals surface area contributed by atoms with Gasteiger partial charge in [0.15, 0.2) is 5.13 Å². The zero-order valence-corrected chi connectivity index (χ0v) is 18.3. The zero-order chi connectivity index (χ0) is 21.5. The van der Waals surface area contributed by atoms with Crippen LogP contribution in [0, 0.1) is 6.92 Å². The van der Waals surface area contributed by atoms with Crippen LogP contribution in [0.25, 0.3) is 21.5 Å². The van der Waals surface area contributed by atoms with E-state index in [0.717, 1.165) is 32.7 Å². The summed E-state index contributed by atoms with van der Waals surface area (Å²) in [6.45, 7) is 8.52. The maximum Gasteiger partial charge on any atom is 0.255 e. The van der Waals surface area contributed by atoms with E-state index < -0.39 is 0 Å². The molecule has 152 valence electrons. The molecule has 0 aliphatic heterocycles. The van der Waals surface area contributed by atoms with Crippen molar-refractivity contribution in [1.29, 1.82) is 0 Å². The van der Waals surface area contributed by atoms with Crippen molar-refractivity contribution in [2.24, 2.45) is 0 Å². The van der Waals surface area contributed by atoms with Crippen molar-refractivity contribution in [2.45, 2.75) is 33.1 Å². The number of nitrogen functional groups attached to an aromatic ring is 1. The van der Waals surface area contributed by atoms with Crippen LogP contribution in [-0.2, 0) is 5.41 Å². The Hall–Kier alpha value is -3.25. The molecule has 0 spiro atoms. The van der Waals surface area contributed by atoms with Crippen molar-refractivity contribution in [1.82, 2.24) is 9.97 Å². The lowest BCUT2D eigenvalue weighted by molar-refractivity contribution is 0.102. The van der Waals surface area contributed by atoms with Gasteiger partial charge >= 0.3 is 0 Å². The molecule has 2 heterocycles. The highest BCUT2D eigenvalue weighted by atomic mass is 32.1. The summed E-state index contributed by atoms with van der Waals surface area (Å²) >= 11 is 1.36. The van der Waals surface area contributed by atoms with Crippen molar-refractivity contribution in [3.8, 4) is 11.1 Å². The van der Waals surface area contributed by atoms with Crippen LogP contribution < -0.4 is 11.1 Å². The quantitative estimate of drug-likeness (QED) is 0.442. The van der Waals surface area contributed by atoms with E-state index in [-0.39, 0.29) is 11.3 Å². The molecule has 1 amide bonds. The number of nitrogens with one attached hydrogen (secondary N) is 1. The average molecular weight is 417 g/mol. The van der Waals surface area contributed by atoms with E-state index in [1.54, 1.807) is 6.20 Å². The number of thiazole rings is 1. The van der Waals surface area contributed by atoms with Gasteiger partial charge in [-0.05, 0) is 59.4 Å². The van der Waals surface area contributed by atoms with Gasteiger partial charge in [0, 0.05) is 23.0 Å². The Bertz CT molecular complexity index is 1240. The number of aromatic nitrogens is 2.